The molecule has 0 saturated carbocycles. The van der Waals surface area contributed by atoms with Gasteiger partial charge in [0, 0.05) is 11.4 Å². The first-order valence-corrected chi connectivity index (χ1v) is 7.43. The molecule has 0 saturated heterocycles. The molecule has 0 aliphatic heterocycles. The quantitative estimate of drug-likeness (QED) is 0.823. The Kier molecular flexibility index (Phi) is 5.07. The lowest BCUT2D eigenvalue weighted by Crippen LogP contribution is -2.16. The minimum Gasteiger partial charge on any atom is -0.462 e. The molecule has 0 amide bonds. The number of hydrogen-bond donors (Lipinski definition) is 1. The van der Waals surface area contributed by atoms with E-state index in [1.54, 1.807) is 11.8 Å². The maximum absolute atomic E-state index is 8.97. The monoisotopic (exact) mass is 277 g/mol. The Balaban J connectivity index is 1.94. The summed E-state index contributed by atoms with van der Waals surface area (Å²) in [6, 6.07) is 12.3. The summed E-state index contributed by atoms with van der Waals surface area (Å²) in [5.41, 5.74) is 1.29. The number of hydrogen-bond acceptors (Lipinski definition) is 4. The topological polar surface area (TPSA) is 36.6 Å². The molecule has 1 heterocycles. The Morgan fingerprint density at radius 3 is 2.63 bits per heavy atom. The van der Waals surface area contributed by atoms with Crippen molar-refractivity contribution in [3.8, 4) is 0 Å². The van der Waals surface area contributed by atoms with E-state index in [1.165, 1.54) is 10.5 Å². The molecule has 102 valence electrons. The molecule has 1 N–H and O–H groups in total. The van der Waals surface area contributed by atoms with Gasteiger partial charge < -0.3 is 9.52 Å². The summed E-state index contributed by atoms with van der Waals surface area (Å²) in [7, 11) is 2.06. The fraction of sp³-hybridized carbons (Fsp3) is 0.333. The summed E-state index contributed by atoms with van der Waals surface area (Å²) in [6.07, 6.45) is 2.09. The van der Waals surface area contributed by atoms with Crippen LogP contribution in [0.5, 0.6) is 0 Å². The van der Waals surface area contributed by atoms with Crippen molar-refractivity contribution in [2.75, 3.05) is 13.3 Å². The maximum Gasteiger partial charge on any atom is 0.129 e. The van der Waals surface area contributed by atoms with E-state index in [0.717, 1.165) is 18.8 Å². The zero-order valence-corrected chi connectivity index (χ0v) is 12.1. The molecular weight excluding hydrogens is 258 g/mol. The number of furan rings is 1. The SMILES string of the molecule is CSc1cccc(CN(C)Cc2ccc(CO)o2)c1. The van der Waals surface area contributed by atoms with Crippen LogP contribution in [0.15, 0.2) is 45.7 Å². The number of benzene rings is 1. The largest absolute Gasteiger partial charge is 0.462 e. The van der Waals surface area contributed by atoms with Crippen LogP contribution in [0.3, 0.4) is 0 Å². The third kappa shape index (κ3) is 4.13. The lowest BCUT2D eigenvalue weighted by Gasteiger charge is -2.15. The van der Waals surface area contributed by atoms with Gasteiger partial charge in [0.05, 0.1) is 6.54 Å². The first-order chi connectivity index (χ1) is 9.21. The summed E-state index contributed by atoms with van der Waals surface area (Å²) >= 11 is 1.76. The van der Waals surface area contributed by atoms with E-state index in [9.17, 15) is 0 Å². The molecule has 2 aromatic rings. The fourth-order valence-corrected chi connectivity index (χ4v) is 2.48. The summed E-state index contributed by atoms with van der Waals surface area (Å²) < 4.78 is 5.49. The second kappa shape index (κ2) is 6.80. The first-order valence-electron chi connectivity index (χ1n) is 6.21. The smallest absolute Gasteiger partial charge is 0.129 e. The molecular formula is C15H19NO2S. The molecule has 0 aliphatic rings. The highest BCUT2D eigenvalue weighted by atomic mass is 32.2. The zero-order chi connectivity index (χ0) is 13.7. The lowest BCUT2D eigenvalue weighted by atomic mass is 10.2. The van der Waals surface area contributed by atoms with E-state index in [1.807, 2.05) is 12.1 Å². The Bertz CT molecular complexity index is 524. The zero-order valence-electron chi connectivity index (χ0n) is 11.3. The Morgan fingerprint density at radius 2 is 1.95 bits per heavy atom. The summed E-state index contributed by atoms with van der Waals surface area (Å²) in [5.74, 6) is 1.50. The number of aliphatic hydroxyl groups excluding tert-OH is 1. The van der Waals surface area contributed by atoms with Gasteiger partial charge in [-0.25, -0.2) is 0 Å². The van der Waals surface area contributed by atoms with Crippen LogP contribution in [0.4, 0.5) is 0 Å². The van der Waals surface area contributed by atoms with E-state index in [-0.39, 0.29) is 6.61 Å². The summed E-state index contributed by atoms with van der Waals surface area (Å²) in [4.78, 5) is 3.48. The molecule has 0 fully saturated rings. The molecule has 0 radical (unpaired) electrons. The molecule has 4 heteroatoms. The predicted octanol–water partition coefficient (Wildman–Crippen LogP) is 3.13. The number of thioether (sulfide) groups is 1. The lowest BCUT2D eigenvalue weighted by molar-refractivity contribution is 0.231. The minimum absolute atomic E-state index is 0.0422. The molecule has 0 bridgehead atoms. The van der Waals surface area contributed by atoms with Crippen LogP contribution in [0.25, 0.3) is 0 Å². The van der Waals surface area contributed by atoms with Gasteiger partial charge in [0.25, 0.3) is 0 Å². The van der Waals surface area contributed by atoms with Gasteiger partial charge in [-0.3, -0.25) is 4.90 Å². The van der Waals surface area contributed by atoms with Crippen molar-refractivity contribution in [2.45, 2.75) is 24.6 Å². The van der Waals surface area contributed by atoms with E-state index in [2.05, 4.69) is 42.5 Å². The Hall–Kier alpha value is -1.23. The molecule has 0 spiro atoms. The summed E-state index contributed by atoms with van der Waals surface area (Å²) in [5, 5.41) is 8.97. The van der Waals surface area contributed by atoms with Crippen molar-refractivity contribution in [1.29, 1.82) is 0 Å². The molecule has 1 aromatic heterocycles. The van der Waals surface area contributed by atoms with Gasteiger partial charge in [-0.1, -0.05) is 12.1 Å². The highest BCUT2D eigenvalue weighted by molar-refractivity contribution is 7.98. The van der Waals surface area contributed by atoms with Crippen molar-refractivity contribution in [1.82, 2.24) is 4.90 Å². The highest BCUT2D eigenvalue weighted by Gasteiger charge is 2.06. The molecule has 19 heavy (non-hydrogen) atoms. The average Bonchev–Trinajstić information content (AvgIpc) is 2.86. The average molecular weight is 277 g/mol. The second-order valence-electron chi connectivity index (χ2n) is 4.55. The Labute approximate surface area is 118 Å². The van der Waals surface area contributed by atoms with Crippen LogP contribution in [-0.4, -0.2) is 23.3 Å². The Morgan fingerprint density at radius 1 is 1.16 bits per heavy atom. The van der Waals surface area contributed by atoms with E-state index in [0.29, 0.717) is 5.76 Å². The third-order valence-corrected chi connectivity index (χ3v) is 3.61. The van der Waals surface area contributed by atoms with Gasteiger partial charge >= 0.3 is 0 Å². The van der Waals surface area contributed by atoms with E-state index in [4.69, 9.17) is 9.52 Å². The van der Waals surface area contributed by atoms with Crippen molar-refractivity contribution in [3.63, 3.8) is 0 Å². The fourth-order valence-electron chi connectivity index (χ4n) is 2.00. The van der Waals surface area contributed by atoms with Crippen LogP contribution in [0.2, 0.25) is 0 Å². The predicted molar refractivity (Wildman–Crippen MR) is 78.0 cm³/mol. The standard InChI is InChI=1S/C15H19NO2S/c1-16(10-13-6-7-14(11-17)18-13)9-12-4-3-5-15(8-12)19-2/h3-8,17H,9-11H2,1-2H3. The maximum atomic E-state index is 8.97. The number of aliphatic hydroxyl groups is 1. The first kappa shape index (κ1) is 14.2. The summed E-state index contributed by atoms with van der Waals surface area (Å²) in [6.45, 7) is 1.58. The van der Waals surface area contributed by atoms with Crippen molar-refractivity contribution < 1.29 is 9.52 Å². The van der Waals surface area contributed by atoms with Gasteiger partial charge in [-0.2, -0.15) is 0 Å². The molecule has 1 aromatic carbocycles. The van der Waals surface area contributed by atoms with E-state index < -0.39 is 0 Å². The highest BCUT2D eigenvalue weighted by Crippen LogP contribution is 2.17. The van der Waals surface area contributed by atoms with Crippen molar-refractivity contribution in [2.24, 2.45) is 0 Å². The van der Waals surface area contributed by atoms with Crippen LogP contribution < -0.4 is 0 Å². The van der Waals surface area contributed by atoms with Gasteiger partial charge in [0.2, 0.25) is 0 Å². The van der Waals surface area contributed by atoms with Gasteiger partial charge in [-0.05, 0) is 43.1 Å². The second-order valence-corrected chi connectivity index (χ2v) is 5.43. The van der Waals surface area contributed by atoms with Gasteiger partial charge in [0.1, 0.15) is 18.1 Å². The van der Waals surface area contributed by atoms with Crippen LogP contribution >= 0.6 is 11.8 Å². The van der Waals surface area contributed by atoms with Crippen molar-refractivity contribution in [3.05, 3.63) is 53.5 Å². The molecule has 0 aliphatic carbocycles. The molecule has 3 nitrogen and oxygen atoms in total. The number of rotatable bonds is 6. The minimum atomic E-state index is -0.0422. The normalized spacial score (nSPS) is 11.2. The molecule has 2 rings (SSSR count). The van der Waals surface area contributed by atoms with Crippen LogP contribution in [-0.2, 0) is 19.7 Å². The van der Waals surface area contributed by atoms with Crippen LogP contribution in [0.1, 0.15) is 17.1 Å². The number of nitrogens with zero attached hydrogens (tertiary/aromatic N) is 1. The third-order valence-electron chi connectivity index (χ3n) is 2.89. The van der Waals surface area contributed by atoms with Gasteiger partial charge in [0.15, 0.2) is 0 Å². The molecule has 0 atom stereocenters. The van der Waals surface area contributed by atoms with Crippen LogP contribution in [0, 0.1) is 0 Å². The van der Waals surface area contributed by atoms with Gasteiger partial charge in [-0.15, -0.1) is 11.8 Å². The molecule has 0 unspecified atom stereocenters. The van der Waals surface area contributed by atoms with Crippen molar-refractivity contribution >= 4 is 11.8 Å². The van der Waals surface area contributed by atoms with E-state index >= 15 is 0 Å².